The van der Waals surface area contributed by atoms with Crippen LogP contribution in [0, 0.1) is 36.0 Å². The normalized spacial score (nSPS) is 17.0. The Morgan fingerprint density at radius 2 is 1.74 bits per heavy atom. The number of hydrogen-bond acceptors (Lipinski definition) is 11. The summed E-state index contributed by atoms with van der Waals surface area (Å²) >= 11 is 0. The number of aromatic nitrogens is 1. The average molecular weight is 756 g/mol. The first kappa shape index (κ1) is 44.2. The molecule has 1 fully saturated rings. The van der Waals surface area contributed by atoms with Crippen molar-refractivity contribution >= 4 is 23.8 Å². The molecule has 0 saturated carbocycles. The van der Waals surface area contributed by atoms with E-state index in [-0.39, 0.29) is 48.3 Å². The lowest BCUT2D eigenvalue weighted by Crippen LogP contribution is -2.43. The molecule has 1 aromatic heterocycles. The fraction of sp³-hybridized carbons (Fsp3) is 0.634. The van der Waals surface area contributed by atoms with E-state index in [1.165, 1.54) is 11.1 Å². The number of benzene rings is 1. The summed E-state index contributed by atoms with van der Waals surface area (Å²) in [6.45, 7) is 13.9. The van der Waals surface area contributed by atoms with E-state index in [2.05, 4.69) is 18.8 Å². The summed E-state index contributed by atoms with van der Waals surface area (Å²) in [6.07, 6.45) is 3.20. The molecule has 3 rings (SSSR count). The first-order valence-corrected chi connectivity index (χ1v) is 18.8. The fourth-order valence-electron chi connectivity index (χ4n) is 6.58. The van der Waals surface area contributed by atoms with Crippen LogP contribution < -0.4 is 15.2 Å². The number of carbonyl (C=O) groups is 4. The molecule has 13 heteroatoms. The van der Waals surface area contributed by atoms with Gasteiger partial charge >= 0.3 is 12.1 Å². The Morgan fingerprint density at radius 1 is 1.00 bits per heavy atom. The maximum Gasteiger partial charge on any atom is 0.414 e. The fourth-order valence-corrected chi connectivity index (χ4v) is 6.58. The van der Waals surface area contributed by atoms with Crippen molar-refractivity contribution in [3.8, 4) is 11.5 Å². The number of pyridine rings is 1. The molecular formula is C41H61N3O10. The number of rotatable bonds is 22. The van der Waals surface area contributed by atoms with Crippen molar-refractivity contribution in [3.63, 3.8) is 0 Å². The van der Waals surface area contributed by atoms with E-state index in [0.29, 0.717) is 56.0 Å². The number of nitrogens with zero attached hydrogens (tertiary/aromatic N) is 2. The van der Waals surface area contributed by atoms with Gasteiger partial charge in [-0.15, -0.1) is 0 Å². The van der Waals surface area contributed by atoms with Gasteiger partial charge in [-0.25, -0.2) is 14.6 Å². The highest BCUT2D eigenvalue weighted by atomic mass is 16.7. The molecule has 300 valence electrons. The van der Waals surface area contributed by atoms with Gasteiger partial charge in [0.05, 0.1) is 25.9 Å². The van der Waals surface area contributed by atoms with Crippen molar-refractivity contribution in [2.24, 2.45) is 34.8 Å². The van der Waals surface area contributed by atoms with Crippen molar-refractivity contribution < 1.29 is 47.6 Å². The number of ketones is 1. The number of primary amides is 1. The van der Waals surface area contributed by atoms with E-state index in [4.69, 9.17) is 34.2 Å². The molecule has 2 amide bonds. The van der Waals surface area contributed by atoms with Crippen molar-refractivity contribution in [1.29, 1.82) is 0 Å². The van der Waals surface area contributed by atoms with Gasteiger partial charge in [0.1, 0.15) is 12.5 Å². The predicted octanol–water partition coefficient (Wildman–Crippen LogP) is 6.52. The maximum atomic E-state index is 13.7. The molecule has 2 N–H and O–H groups in total. The van der Waals surface area contributed by atoms with Crippen LogP contribution >= 0.6 is 0 Å². The quantitative estimate of drug-likeness (QED) is 0.0790. The Morgan fingerprint density at radius 3 is 2.37 bits per heavy atom. The summed E-state index contributed by atoms with van der Waals surface area (Å²) in [5.41, 5.74) is 6.59. The largest absolute Gasteiger partial charge is 0.493 e. The second-order valence-electron chi connectivity index (χ2n) is 15.4. The van der Waals surface area contributed by atoms with Gasteiger partial charge in [-0.1, -0.05) is 53.7 Å². The molecule has 0 unspecified atom stereocenters. The number of nitrogens with two attached hydrogens (primary N) is 1. The van der Waals surface area contributed by atoms with Crippen LogP contribution in [0.15, 0.2) is 36.5 Å². The molecule has 13 nitrogen and oxygen atoms in total. The molecule has 1 aliphatic heterocycles. The summed E-state index contributed by atoms with van der Waals surface area (Å²) in [5.74, 6) is 0.0487. The van der Waals surface area contributed by atoms with Gasteiger partial charge in [0.15, 0.2) is 17.2 Å². The third-order valence-electron chi connectivity index (χ3n) is 10.4. The van der Waals surface area contributed by atoms with E-state index < -0.39 is 42.3 Å². The predicted molar refractivity (Wildman–Crippen MR) is 203 cm³/mol. The summed E-state index contributed by atoms with van der Waals surface area (Å²) < 4.78 is 33.8. The molecule has 0 bridgehead atoms. The lowest BCUT2D eigenvalue weighted by molar-refractivity contribution is -0.129. The van der Waals surface area contributed by atoms with Crippen LogP contribution in [-0.4, -0.2) is 86.7 Å². The molecule has 0 aliphatic carbocycles. The van der Waals surface area contributed by atoms with Crippen LogP contribution in [-0.2, 0) is 35.0 Å². The standard InChI is InChI=1S/C41H61N3O10/c1-26(2)30(20-29-13-14-34(50-9)36(21-29)51-19-11-18-49-8)22-32-35(23-31(27(3)4)33(45)15-16-41(6,7)39(42)47)52-24-44(32)40(48)54-25-53-38(46)37-28(5)12-10-17-43-37/h10,12-14,17,21,26-27,30-32,35H,11,15-16,18-20,22-25H2,1-9H3,(H2,42,47)/t30-,31-,32-,35-/m0/s1. The lowest BCUT2D eigenvalue weighted by Gasteiger charge is -2.33. The molecule has 4 atom stereocenters. The van der Waals surface area contributed by atoms with Crippen molar-refractivity contribution in [2.75, 3.05) is 41.0 Å². The molecule has 0 spiro atoms. The highest BCUT2D eigenvalue weighted by molar-refractivity contribution is 5.88. The van der Waals surface area contributed by atoms with Gasteiger partial charge in [0, 0.05) is 44.1 Å². The van der Waals surface area contributed by atoms with Crippen molar-refractivity contribution in [1.82, 2.24) is 9.88 Å². The van der Waals surface area contributed by atoms with Crippen molar-refractivity contribution in [3.05, 3.63) is 53.3 Å². The molecule has 0 radical (unpaired) electrons. The highest BCUT2D eigenvalue weighted by Crippen LogP contribution is 2.36. The molecule has 2 heterocycles. The topological polar surface area (TPSA) is 166 Å². The smallest absolute Gasteiger partial charge is 0.414 e. The van der Waals surface area contributed by atoms with E-state index in [9.17, 15) is 19.2 Å². The molecule has 1 aromatic carbocycles. The Kier molecular flexibility index (Phi) is 17.2. The van der Waals surface area contributed by atoms with E-state index in [0.717, 1.165) is 12.0 Å². The van der Waals surface area contributed by atoms with Crippen LogP contribution in [0.5, 0.6) is 11.5 Å². The summed E-state index contributed by atoms with van der Waals surface area (Å²) in [4.78, 5) is 57.5. The van der Waals surface area contributed by atoms with Gasteiger partial charge < -0.3 is 34.2 Å². The maximum absolute atomic E-state index is 13.7. The van der Waals surface area contributed by atoms with Crippen LogP contribution in [0.2, 0.25) is 0 Å². The zero-order valence-corrected chi connectivity index (χ0v) is 33.6. The summed E-state index contributed by atoms with van der Waals surface area (Å²) in [5, 5.41) is 0. The zero-order valence-electron chi connectivity index (χ0n) is 33.6. The van der Waals surface area contributed by atoms with Gasteiger partial charge in [-0.3, -0.25) is 14.5 Å². The van der Waals surface area contributed by atoms with Gasteiger partial charge in [-0.2, -0.15) is 0 Å². The molecule has 54 heavy (non-hydrogen) atoms. The second kappa shape index (κ2) is 21.0. The highest BCUT2D eigenvalue weighted by Gasteiger charge is 2.43. The number of methoxy groups -OCH3 is 2. The number of carbonyl (C=O) groups excluding carboxylic acids is 4. The monoisotopic (exact) mass is 755 g/mol. The SMILES string of the molecule is COCCCOc1cc(C[C@@H](C[C@H]2[C@H](C[C@H](C(=O)CCC(C)(C)C(N)=O)C(C)C)OCN2C(=O)OCOC(=O)c2ncccc2C)C(C)C)ccc1OC. The Labute approximate surface area is 320 Å². The van der Waals surface area contributed by atoms with Gasteiger partial charge in [0.2, 0.25) is 12.7 Å². The molecule has 2 aromatic rings. The Hall–Kier alpha value is -4.23. The van der Waals surface area contributed by atoms with Crippen LogP contribution in [0.25, 0.3) is 0 Å². The minimum absolute atomic E-state index is 0.0172. The van der Waals surface area contributed by atoms with Crippen LogP contribution in [0.3, 0.4) is 0 Å². The number of ether oxygens (including phenoxy) is 6. The molecule has 1 saturated heterocycles. The number of amides is 2. The lowest BCUT2D eigenvalue weighted by atomic mass is 9.78. The third kappa shape index (κ3) is 12.7. The van der Waals surface area contributed by atoms with Gasteiger partial charge in [0.25, 0.3) is 0 Å². The minimum Gasteiger partial charge on any atom is -0.493 e. The van der Waals surface area contributed by atoms with Crippen LogP contribution in [0.1, 0.15) is 95.3 Å². The Bertz CT molecular complexity index is 1540. The van der Waals surface area contributed by atoms with Crippen LogP contribution in [0.4, 0.5) is 4.79 Å². The van der Waals surface area contributed by atoms with E-state index in [1.54, 1.807) is 47.1 Å². The number of hydrogen-bond donors (Lipinski definition) is 1. The Balaban J connectivity index is 1.85. The minimum atomic E-state index is -0.816. The summed E-state index contributed by atoms with van der Waals surface area (Å²) in [7, 11) is 3.26. The second-order valence-corrected chi connectivity index (χ2v) is 15.4. The zero-order chi connectivity index (χ0) is 40.0. The summed E-state index contributed by atoms with van der Waals surface area (Å²) in [6, 6.07) is 8.92. The van der Waals surface area contributed by atoms with E-state index in [1.807, 2.05) is 32.0 Å². The first-order chi connectivity index (χ1) is 25.6. The molecule has 1 aliphatic rings. The average Bonchev–Trinajstić information content (AvgIpc) is 3.52. The number of Topliss-reactive ketones (excluding diaryl/α,β-unsaturated/α-hetero) is 1. The number of esters is 1. The van der Waals surface area contributed by atoms with Crippen molar-refractivity contribution in [2.45, 2.75) is 99.1 Å². The first-order valence-electron chi connectivity index (χ1n) is 18.8. The van der Waals surface area contributed by atoms with Gasteiger partial charge in [-0.05, 0) is 79.7 Å². The molecular weight excluding hydrogens is 694 g/mol. The third-order valence-corrected chi connectivity index (χ3v) is 10.4. The van der Waals surface area contributed by atoms with E-state index >= 15 is 0 Å². The number of aryl methyl sites for hydroxylation is 1.